The largest absolute Gasteiger partial charge is 0.463 e. The summed E-state index contributed by atoms with van der Waals surface area (Å²) in [5.41, 5.74) is 0. The second kappa shape index (κ2) is 34.8. The van der Waals surface area contributed by atoms with E-state index in [2.05, 4.69) is 27.7 Å². The molecule has 0 aliphatic heterocycles. The lowest BCUT2D eigenvalue weighted by Gasteiger charge is -2.18. The van der Waals surface area contributed by atoms with Gasteiger partial charge >= 0.3 is 11.9 Å². The summed E-state index contributed by atoms with van der Waals surface area (Å²) in [7, 11) is 0. The molecule has 0 rings (SSSR count). The van der Waals surface area contributed by atoms with E-state index in [1.165, 1.54) is 141 Å². The highest BCUT2D eigenvalue weighted by molar-refractivity contribution is 5.69. The van der Waals surface area contributed by atoms with Gasteiger partial charge in [0.05, 0.1) is 12.7 Å². The van der Waals surface area contributed by atoms with Gasteiger partial charge in [0.1, 0.15) is 12.7 Å². The molecular weight excluding hydrogens is 584 g/mol. The van der Waals surface area contributed by atoms with E-state index < -0.39 is 0 Å². The molecule has 0 radical (unpaired) electrons. The van der Waals surface area contributed by atoms with E-state index in [4.69, 9.17) is 14.2 Å². The van der Waals surface area contributed by atoms with E-state index in [9.17, 15) is 9.59 Å². The number of hydrogen-bond acceptors (Lipinski definition) is 5. The Morgan fingerprint density at radius 3 is 1.06 bits per heavy atom. The molecule has 0 spiro atoms. The van der Waals surface area contributed by atoms with Crippen LogP contribution in [0.2, 0.25) is 0 Å². The zero-order valence-corrected chi connectivity index (χ0v) is 32.6. The van der Waals surface area contributed by atoms with Crippen molar-refractivity contribution >= 4 is 11.9 Å². The molecule has 5 nitrogen and oxygen atoms in total. The fraction of sp³-hybridized carbons (Fsp3) is 0.952. The molecule has 0 aliphatic carbocycles. The first-order valence-corrected chi connectivity index (χ1v) is 20.7. The molecule has 2 atom stereocenters. The highest BCUT2D eigenvalue weighted by atomic mass is 16.6. The van der Waals surface area contributed by atoms with E-state index in [1.54, 1.807) is 0 Å². The monoisotopic (exact) mass is 667 g/mol. The van der Waals surface area contributed by atoms with E-state index in [1.807, 2.05) is 13.8 Å². The second-order valence-electron chi connectivity index (χ2n) is 15.5. The number of hydrogen-bond donors (Lipinski definition) is 0. The molecule has 0 fully saturated rings. The van der Waals surface area contributed by atoms with E-state index in [0.717, 1.165) is 37.5 Å². The molecule has 47 heavy (non-hydrogen) atoms. The maximum atomic E-state index is 12.2. The molecule has 0 amide bonds. The van der Waals surface area contributed by atoms with Crippen molar-refractivity contribution in [3.8, 4) is 0 Å². The molecular formula is C42H82O5. The number of carbonyl (C=O) groups excluding carboxylic acids is 2. The third kappa shape index (κ3) is 37.6. The number of unbranched alkanes of at least 4 members (excludes halogenated alkanes) is 22. The molecule has 280 valence electrons. The Morgan fingerprint density at radius 1 is 0.383 bits per heavy atom. The van der Waals surface area contributed by atoms with Gasteiger partial charge < -0.3 is 14.2 Å². The molecule has 0 aromatic heterocycles. The molecule has 0 aromatic carbocycles. The van der Waals surface area contributed by atoms with Crippen LogP contribution in [0.1, 0.15) is 221 Å². The van der Waals surface area contributed by atoms with Crippen LogP contribution in [0, 0.1) is 11.8 Å². The zero-order valence-electron chi connectivity index (χ0n) is 32.6. The van der Waals surface area contributed by atoms with Crippen LogP contribution in [0.4, 0.5) is 0 Å². The van der Waals surface area contributed by atoms with E-state index in [0.29, 0.717) is 19.4 Å². The standard InChI is InChI=1S/C42H82O5/c1-37(2)31-27-23-19-15-11-7-9-13-17-21-25-29-33-41(43)46-35-39(5)45-36-40(6)47-42(44)34-30-26-22-18-14-10-8-12-16-20-24-28-32-38(3)4/h37-40H,7-36H2,1-6H3. The highest BCUT2D eigenvalue weighted by Crippen LogP contribution is 2.16. The number of carbonyl (C=O) groups is 2. The first-order valence-electron chi connectivity index (χ1n) is 20.7. The molecule has 0 saturated carbocycles. The van der Waals surface area contributed by atoms with Gasteiger partial charge in [0.15, 0.2) is 0 Å². The molecule has 0 N–H and O–H groups in total. The van der Waals surface area contributed by atoms with Crippen LogP contribution in [0.5, 0.6) is 0 Å². The van der Waals surface area contributed by atoms with Crippen molar-refractivity contribution in [1.82, 2.24) is 0 Å². The second-order valence-corrected chi connectivity index (χ2v) is 15.5. The number of esters is 2. The first-order chi connectivity index (χ1) is 22.7. The Labute approximate surface area is 293 Å². The lowest BCUT2D eigenvalue weighted by Crippen LogP contribution is -2.26. The lowest BCUT2D eigenvalue weighted by atomic mass is 10.0. The molecule has 0 bridgehead atoms. The van der Waals surface area contributed by atoms with Gasteiger partial charge in [-0.2, -0.15) is 0 Å². The molecule has 0 heterocycles. The van der Waals surface area contributed by atoms with Crippen LogP contribution >= 0.6 is 0 Å². The summed E-state index contributed by atoms with van der Waals surface area (Å²) in [5, 5.41) is 0. The van der Waals surface area contributed by atoms with Gasteiger partial charge in [-0.1, -0.05) is 182 Å². The van der Waals surface area contributed by atoms with Crippen LogP contribution in [0.25, 0.3) is 0 Å². The average molecular weight is 667 g/mol. The number of ether oxygens (including phenoxy) is 3. The van der Waals surface area contributed by atoms with Gasteiger partial charge in [-0.25, -0.2) is 0 Å². The van der Waals surface area contributed by atoms with Gasteiger partial charge in [0, 0.05) is 12.8 Å². The third-order valence-corrected chi connectivity index (χ3v) is 9.25. The normalized spacial score (nSPS) is 12.9. The van der Waals surface area contributed by atoms with E-state index in [-0.39, 0.29) is 30.8 Å². The van der Waals surface area contributed by atoms with Crippen LogP contribution in [-0.4, -0.2) is 37.4 Å². The van der Waals surface area contributed by atoms with Gasteiger partial charge in [-0.15, -0.1) is 0 Å². The Kier molecular flexibility index (Phi) is 33.9. The lowest BCUT2D eigenvalue weighted by molar-refractivity contribution is -0.154. The molecule has 5 heteroatoms. The van der Waals surface area contributed by atoms with Gasteiger partial charge in [0.2, 0.25) is 0 Å². The average Bonchev–Trinajstić information content (AvgIpc) is 3.02. The maximum Gasteiger partial charge on any atom is 0.306 e. The van der Waals surface area contributed by atoms with Crippen molar-refractivity contribution in [2.45, 2.75) is 234 Å². The van der Waals surface area contributed by atoms with Crippen molar-refractivity contribution in [3.05, 3.63) is 0 Å². The maximum absolute atomic E-state index is 12.2. The van der Waals surface area contributed by atoms with Crippen LogP contribution < -0.4 is 0 Å². The van der Waals surface area contributed by atoms with E-state index >= 15 is 0 Å². The van der Waals surface area contributed by atoms with Gasteiger partial charge in [-0.3, -0.25) is 9.59 Å². The molecule has 0 saturated heterocycles. The summed E-state index contributed by atoms with van der Waals surface area (Å²) in [5.74, 6) is 1.41. The summed E-state index contributed by atoms with van der Waals surface area (Å²) in [6.07, 6.45) is 34.2. The fourth-order valence-corrected chi connectivity index (χ4v) is 6.13. The topological polar surface area (TPSA) is 61.8 Å². The minimum absolute atomic E-state index is 0.142. The zero-order chi connectivity index (χ0) is 34.8. The van der Waals surface area contributed by atoms with Crippen molar-refractivity contribution in [3.63, 3.8) is 0 Å². The predicted molar refractivity (Wildman–Crippen MR) is 201 cm³/mol. The van der Waals surface area contributed by atoms with Crippen molar-refractivity contribution in [2.75, 3.05) is 13.2 Å². The van der Waals surface area contributed by atoms with Gasteiger partial charge in [0.25, 0.3) is 0 Å². The summed E-state index contributed by atoms with van der Waals surface area (Å²) in [6, 6.07) is 0. The summed E-state index contributed by atoms with van der Waals surface area (Å²) in [4.78, 5) is 24.3. The summed E-state index contributed by atoms with van der Waals surface area (Å²) in [6.45, 7) is 13.6. The molecule has 0 aromatic rings. The Bertz CT molecular complexity index is 676. The summed E-state index contributed by atoms with van der Waals surface area (Å²) >= 11 is 0. The van der Waals surface area contributed by atoms with Crippen molar-refractivity contribution < 1.29 is 23.8 Å². The SMILES string of the molecule is CC(C)CCCCCCCCCCCCCCC(=O)OCC(C)OCC(C)OC(=O)CCCCCCCCCCCCCCC(C)C. The minimum Gasteiger partial charge on any atom is -0.463 e. The molecule has 0 aliphatic rings. The Morgan fingerprint density at radius 2 is 0.702 bits per heavy atom. The fourth-order valence-electron chi connectivity index (χ4n) is 6.13. The van der Waals surface area contributed by atoms with Crippen LogP contribution in [0.3, 0.4) is 0 Å². The van der Waals surface area contributed by atoms with Crippen LogP contribution in [-0.2, 0) is 23.8 Å². The van der Waals surface area contributed by atoms with Crippen LogP contribution in [0.15, 0.2) is 0 Å². The number of rotatable bonds is 36. The Balaban J connectivity index is 3.49. The predicted octanol–water partition coefficient (Wildman–Crippen LogP) is 13.1. The van der Waals surface area contributed by atoms with Crippen molar-refractivity contribution in [1.29, 1.82) is 0 Å². The Hall–Kier alpha value is -1.10. The first kappa shape index (κ1) is 45.9. The molecule has 2 unspecified atom stereocenters. The van der Waals surface area contributed by atoms with Gasteiger partial charge in [-0.05, 0) is 38.5 Å². The highest BCUT2D eigenvalue weighted by Gasteiger charge is 2.13. The smallest absolute Gasteiger partial charge is 0.306 e. The minimum atomic E-state index is -0.296. The summed E-state index contributed by atoms with van der Waals surface area (Å²) < 4.78 is 16.7. The van der Waals surface area contributed by atoms with Crippen molar-refractivity contribution in [2.24, 2.45) is 11.8 Å². The third-order valence-electron chi connectivity index (χ3n) is 9.25. The quantitative estimate of drug-likeness (QED) is 0.0492.